The molecule has 0 aromatic heterocycles. The molecule has 0 saturated carbocycles. The Balaban J connectivity index is 0.00000338. The van der Waals surface area contributed by atoms with Gasteiger partial charge in [0.15, 0.2) is 11.5 Å². The summed E-state index contributed by atoms with van der Waals surface area (Å²) in [6.45, 7) is 1.05. The third kappa shape index (κ3) is 5.76. The fourth-order valence-electron chi connectivity index (χ4n) is 3.42. The predicted molar refractivity (Wildman–Crippen MR) is 104 cm³/mol. The van der Waals surface area contributed by atoms with Crippen LogP contribution in [0.3, 0.4) is 0 Å². The van der Waals surface area contributed by atoms with E-state index in [1.807, 2.05) is 23.1 Å². The van der Waals surface area contributed by atoms with Gasteiger partial charge in [0.2, 0.25) is 5.91 Å². The van der Waals surface area contributed by atoms with E-state index in [9.17, 15) is 4.79 Å². The molecule has 1 saturated heterocycles. The standard InChI is InChI=1S/C19H30N2O4.ClH/c1-23-13-16(20)19(22)21-11-5-4-6-15(21)9-7-14-8-10-17(24-2)18(12-14)25-3;/h8,10,12,15-16H,4-7,9,11,13,20H2,1-3H3;1H. The molecular formula is C19H31ClN2O4. The van der Waals surface area contributed by atoms with Crippen LogP contribution in [0.25, 0.3) is 0 Å². The predicted octanol–water partition coefficient (Wildman–Crippen LogP) is 2.41. The second-order valence-electron chi connectivity index (χ2n) is 6.47. The molecule has 7 heteroatoms. The van der Waals surface area contributed by atoms with E-state index in [0.29, 0.717) is 0 Å². The number of nitrogens with two attached hydrogens (primary N) is 1. The van der Waals surface area contributed by atoms with Crippen molar-refractivity contribution in [2.75, 3.05) is 34.5 Å². The molecule has 1 aromatic rings. The molecule has 26 heavy (non-hydrogen) atoms. The Bertz CT molecular complexity index is 570. The van der Waals surface area contributed by atoms with E-state index in [1.165, 1.54) is 5.56 Å². The molecule has 0 radical (unpaired) electrons. The van der Waals surface area contributed by atoms with E-state index in [1.54, 1.807) is 21.3 Å². The van der Waals surface area contributed by atoms with Crippen molar-refractivity contribution >= 4 is 18.3 Å². The summed E-state index contributed by atoms with van der Waals surface area (Å²) in [6, 6.07) is 5.63. The third-order valence-corrected chi connectivity index (χ3v) is 4.79. The molecule has 1 aliphatic heterocycles. The fraction of sp³-hybridized carbons (Fsp3) is 0.632. The Labute approximate surface area is 162 Å². The second kappa shape index (κ2) is 11.3. The second-order valence-corrected chi connectivity index (χ2v) is 6.47. The first-order chi connectivity index (χ1) is 12.1. The van der Waals surface area contributed by atoms with Gasteiger partial charge in [-0.25, -0.2) is 0 Å². The van der Waals surface area contributed by atoms with Gasteiger partial charge in [0, 0.05) is 19.7 Å². The smallest absolute Gasteiger partial charge is 0.242 e. The first kappa shape index (κ1) is 22.5. The molecule has 0 bridgehead atoms. The van der Waals surface area contributed by atoms with E-state index in [0.717, 1.165) is 50.1 Å². The number of nitrogens with zero attached hydrogens (tertiary/aromatic N) is 1. The van der Waals surface area contributed by atoms with Crippen LogP contribution in [-0.2, 0) is 16.0 Å². The molecule has 1 heterocycles. The van der Waals surface area contributed by atoms with Crippen molar-refractivity contribution in [2.24, 2.45) is 5.73 Å². The highest BCUT2D eigenvalue weighted by Gasteiger charge is 2.29. The number of ether oxygens (including phenoxy) is 3. The minimum Gasteiger partial charge on any atom is -0.493 e. The summed E-state index contributed by atoms with van der Waals surface area (Å²) in [7, 11) is 4.84. The quantitative estimate of drug-likeness (QED) is 0.742. The topological polar surface area (TPSA) is 74.0 Å². The highest BCUT2D eigenvalue weighted by atomic mass is 35.5. The molecule has 2 unspecified atom stereocenters. The molecule has 6 nitrogen and oxygen atoms in total. The van der Waals surface area contributed by atoms with E-state index in [2.05, 4.69) is 0 Å². The van der Waals surface area contributed by atoms with E-state index in [4.69, 9.17) is 19.9 Å². The molecular weight excluding hydrogens is 356 g/mol. The van der Waals surface area contributed by atoms with Crippen molar-refractivity contribution in [3.8, 4) is 11.5 Å². The molecule has 0 spiro atoms. The highest BCUT2D eigenvalue weighted by Crippen LogP contribution is 2.29. The summed E-state index contributed by atoms with van der Waals surface area (Å²) in [5.41, 5.74) is 7.13. The molecule has 1 fully saturated rings. The number of rotatable bonds is 8. The third-order valence-electron chi connectivity index (χ3n) is 4.79. The van der Waals surface area contributed by atoms with Crippen LogP contribution in [0.4, 0.5) is 0 Å². The van der Waals surface area contributed by atoms with Gasteiger partial charge in [-0.3, -0.25) is 4.79 Å². The molecule has 2 rings (SSSR count). The summed E-state index contributed by atoms with van der Waals surface area (Å²) in [5.74, 6) is 1.46. The van der Waals surface area contributed by atoms with Gasteiger partial charge >= 0.3 is 0 Å². The zero-order chi connectivity index (χ0) is 18.2. The number of hydrogen-bond donors (Lipinski definition) is 1. The summed E-state index contributed by atoms with van der Waals surface area (Å²) < 4.78 is 15.7. The van der Waals surface area contributed by atoms with Crippen LogP contribution in [0.1, 0.15) is 31.2 Å². The average Bonchev–Trinajstić information content (AvgIpc) is 2.65. The number of benzene rings is 1. The lowest BCUT2D eigenvalue weighted by atomic mass is 9.95. The van der Waals surface area contributed by atoms with Crippen molar-refractivity contribution < 1.29 is 19.0 Å². The van der Waals surface area contributed by atoms with Gasteiger partial charge in [0.1, 0.15) is 6.04 Å². The van der Waals surface area contributed by atoms with E-state index >= 15 is 0 Å². The van der Waals surface area contributed by atoms with Gasteiger partial charge in [0.05, 0.1) is 20.8 Å². The molecule has 0 aliphatic carbocycles. The van der Waals surface area contributed by atoms with Crippen LogP contribution in [0, 0.1) is 0 Å². The van der Waals surface area contributed by atoms with Gasteiger partial charge < -0.3 is 24.8 Å². The molecule has 2 N–H and O–H groups in total. The largest absolute Gasteiger partial charge is 0.493 e. The van der Waals surface area contributed by atoms with Crippen molar-refractivity contribution in [1.82, 2.24) is 4.90 Å². The van der Waals surface area contributed by atoms with Crippen molar-refractivity contribution in [2.45, 2.75) is 44.2 Å². The van der Waals surface area contributed by atoms with Crippen molar-refractivity contribution in [3.63, 3.8) is 0 Å². The molecule has 148 valence electrons. The lowest BCUT2D eigenvalue weighted by molar-refractivity contribution is -0.137. The summed E-state index contributed by atoms with van der Waals surface area (Å²) >= 11 is 0. The van der Waals surface area contributed by atoms with Gasteiger partial charge in [0.25, 0.3) is 0 Å². The fourth-order valence-corrected chi connectivity index (χ4v) is 3.42. The number of halogens is 1. The zero-order valence-electron chi connectivity index (χ0n) is 15.9. The number of piperidine rings is 1. The van der Waals surface area contributed by atoms with Gasteiger partial charge in [-0.2, -0.15) is 0 Å². The minimum absolute atomic E-state index is 0. The SMILES string of the molecule is COCC(N)C(=O)N1CCCCC1CCc1ccc(OC)c(OC)c1.Cl. The van der Waals surface area contributed by atoms with Gasteiger partial charge in [-0.15, -0.1) is 12.4 Å². The van der Waals surface area contributed by atoms with Crippen LogP contribution in [0.15, 0.2) is 18.2 Å². The van der Waals surface area contributed by atoms with Crippen LogP contribution in [-0.4, -0.2) is 57.4 Å². The first-order valence-electron chi connectivity index (χ1n) is 8.86. The Kier molecular flexibility index (Phi) is 9.76. The van der Waals surface area contributed by atoms with Gasteiger partial charge in [-0.1, -0.05) is 6.07 Å². The van der Waals surface area contributed by atoms with E-state index in [-0.39, 0.29) is 31.0 Å². The monoisotopic (exact) mass is 386 g/mol. The lowest BCUT2D eigenvalue weighted by Crippen LogP contribution is -2.52. The normalized spacial score (nSPS) is 18.0. The zero-order valence-corrected chi connectivity index (χ0v) is 16.7. The number of hydrogen-bond acceptors (Lipinski definition) is 5. The van der Waals surface area contributed by atoms with Crippen LogP contribution in [0.2, 0.25) is 0 Å². The van der Waals surface area contributed by atoms with Crippen LogP contribution < -0.4 is 15.2 Å². The number of carbonyl (C=O) groups excluding carboxylic acids is 1. The van der Waals surface area contributed by atoms with Gasteiger partial charge in [-0.05, 0) is 49.8 Å². The number of carbonyl (C=O) groups is 1. The number of aryl methyl sites for hydroxylation is 1. The maximum atomic E-state index is 12.6. The first-order valence-corrected chi connectivity index (χ1v) is 8.86. The average molecular weight is 387 g/mol. The summed E-state index contributed by atoms with van der Waals surface area (Å²) in [4.78, 5) is 14.5. The Morgan fingerprint density at radius 2 is 1.96 bits per heavy atom. The molecule has 1 aromatic carbocycles. The summed E-state index contributed by atoms with van der Waals surface area (Å²) in [6.07, 6.45) is 5.02. The Hall–Kier alpha value is -1.50. The number of likely N-dealkylation sites (tertiary alicyclic amines) is 1. The summed E-state index contributed by atoms with van der Waals surface area (Å²) in [5, 5.41) is 0. The van der Waals surface area contributed by atoms with E-state index < -0.39 is 6.04 Å². The molecule has 1 aliphatic rings. The Morgan fingerprint density at radius 3 is 2.62 bits per heavy atom. The molecule has 2 atom stereocenters. The minimum atomic E-state index is -0.577. The number of methoxy groups -OCH3 is 3. The number of amides is 1. The maximum Gasteiger partial charge on any atom is 0.242 e. The highest BCUT2D eigenvalue weighted by molar-refractivity contribution is 5.85. The van der Waals surface area contributed by atoms with Crippen LogP contribution in [0.5, 0.6) is 11.5 Å². The van der Waals surface area contributed by atoms with Crippen molar-refractivity contribution in [3.05, 3.63) is 23.8 Å². The Morgan fingerprint density at radius 1 is 1.23 bits per heavy atom. The maximum absolute atomic E-state index is 12.6. The van der Waals surface area contributed by atoms with Crippen molar-refractivity contribution in [1.29, 1.82) is 0 Å². The lowest BCUT2D eigenvalue weighted by Gasteiger charge is -2.37. The molecule has 1 amide bonds. The van der Waals surface area contributed by atoms with Crippen LogP contribution >= 0.6 is 12.4 Å².